The molecule has 1 fully saturated rings. The van der Waals surface area contributed by atoms with Gasteiger partial charge in [-0.25, -0.2) is 8.42 Å². The molecule has 8 heteroatoms. The van der Waals surface area contributed by atoms with Crippen LogP contribution >= 0.6 is 0 Å². The molecule has 2 aliphatic heterocycles. The van der Waals surface area contributed by atoms with Gasteiger partial charge in [-0.15, -0.1) is 0 Å². The standard InChI is InChI=1S/C21H25N3O4S/c1-2-24-17-10-13-23(21(25)15-16-7-5-6-12-22-16)14-11-18(17)28-19-8-3-4-9-20(19)29(24,26)27/h3-9,12,17-18H,2,10-11,13-15H2,1H3/t17-,18-/m1/s1. The number of carbonyl (C=O) groups excluding carboxylic acids is 1. The van der Waals surface area contributed by atoms with Gasteiger partial charge in [0, 0.05) is 37.9 Å². The zero-order valence-electron chi connectivity index (χ0n) is 16.4. The Kier molecular flexibility index (Phi) is 5.56. The van der Waals surface area contributed by atoms with Gasteiger partial charge in [0.15, 0.2) is 0 Å². The second kappa shape index (κ2) is 8.12. The van der Waals surface area contributed by atoms with Crippen LogP contribution in [0, 0.1) is 0 Å². The molecule has 1 saturated heterocycles. The molecule has 0 N–H and O–H groups in total. The van der Waals surface area contributed by atoms with Crippen LogP contribution in [0.25, 0.3) is 0 Å². The summed E-state index contributed by atoms with van der Waals surface area (Å²) in [7, 11) is -3.65. The van der Waals surface area contributed by atoms with Crippen LogP contribution in [0.15, 0.2) is 53.6 Å². The molecule has 1 aromatic carbocycles. The zero-order valence-corrected chi connectivity index (χ0v) is 17.2. The molecule has 154 valence electrons. The lowest BCUT2D eigenvalue weighted by atomic mass is 10.1. The number of amides is 1. The lowest BCUT2D eigenvalue weighted by Crippen LogP contribution is -2.47. The van der Waals surface area contributed by atoms with Gasteiger partial charge < -0.3 is 9.64 Å². The Morgan fingerprint density at radius 2 is 1.90 bits per heavy atom. The van der Waals surface area contributed by atoms with Crippen LogP contribution in [0.3, 0.4) is 0 Å². The molecule has 0 unspecified atom stereocenters. The minimum atomic E-state index is -3.65. The highest BCUT2D eigenvalue weighted by molar-refractivity contribution is 7.89. The molecule has 0 spiro atoms. The number of pyridine rings is 1. The highest BCUT2D eigenvalue weighted by atomic mass is 32.2. The third-order valence-corrected chi connectivity index (χ3v) is 7.65. The minimum Gasteiger partial charge on any atom is -0.487 e. The molecule has 2 aliphatic rings. The summed E-state index contributed by atoms with van der Waals surface area (Å²) in [6, 6.07) is 12.0. The summed E-state index contributed by atoms with van der Waals surface area (Å²) in [6.07, 6.45) is 2.76. The molecule has 29 heavy (non-hydrogen) atoms. The van der Waals surface area contributed by atoms with E-state index in [1.807, 2.05) is 25.1 Å². The van der Waals surface area contributed by atoms with Crippen molar-refractivity contribution in [3.63, 3.8) is 0 Å². The first kappa shape index (κ1) is 19.8. The number of rotatable bonds is 3. The summed E-state index contributed by atoms with van der Waals surface area (Å²) in [5.41, 5.74) is 0.735. The number of sulfonamides is 1. The van der Waals surface area contributed by atoms with Gasteiger partial charge >= 0.3 is 0 Å². The summed E-state index contributed by atoms with van der Waals surface area (Å²) in [5.74, 6) is 0.401. The second-order valence-electron chi connectivity index (χ2n) is 7.33. The van der Waals surface area contributed by atoms with Crippen molar-refractivity contribution in [1.82, 2.24) is 14.2 Å². The summed E-state index contributed by atoms with van der Waals surface area (Å²) in [4.78, 5) is 19.0. The Labute approximate surface area is 171 Å². The molecule has 4 rings (SSSR count). The fourth-order valence-corrected chi connectivity index (χ4v) is 5.99. The molecular weight excluding hydrogens is 390 g/mol. The van der Waals surface area contributed by atoms with Crippen LogP contribution < -0.4 is 4.74 Å². The minimum absolute atomic E-state index is 0.00599. The number of aromatic nitrogens is 1. The monoisotopic (exact) mass is 415 g/mol. The Hall–Kier alpha value is -2.45. The molecule has 1 amide bonds. The van der Waals surface area contributed by atoms with Gasteiger partial charge in [-0.3, -0.25) is 9.78 Å². The Morgan fingerprint density at radius 3 is 2.66 bits per heavy atom. The Bertz CT molecular complexity index is 980. The van der Waals surface area contributed by atoms with Gasteiger partial charge in [-0.05, 0) is 30.7 Å². The predicted octanol–water partition coefficient (Wildman–Crippen LogP) is 2.09. The third-order valence-electron chi connectivity index (χ3n) is 5.61. The number of hydrogen-bond donors (Lipinski definition) is 0. The first-order valence-electron chi connectivity index (χ1n) is 9.96. The van der Waals surface area contributed by atoms with Crippen LogP contribution in [-0.2, 0) is 21.2 Å². The van der Waals surface area contributed by atoms with E-state index in [2.05, 4.69) is 4.98 Å². The van der Waals surface area contributed by atoms with Crippen LogP contribution in [-0.4, -0.2) is 60.3 Å². The summed E-state index contributed by atoms with van der Waals surface area (Å²) >= 11 is 0. The number of fused-ring (bicyclic) bond motifs is 2. The van der Waals surface area contributed by atoms with Crippen LogP contribution in [0.2, 0.25) is 0 Å². The molecule has 0 saturated carbocycles. The van der Waals surface area contributed by atoms with Crippen molar-refractivity contribution in [2.75, 3.05) is 19.6 Å². The van der Waals surface area contributed by atoms with E-state index < -0.39 is 10.0 Å². The van der Waals surface area contributed by atoms with Gasteiger partial charge in [0.05, 0.1) is 12.5 Å². The first-order chi connectivity index (χ1) is 14.0. The zero-order chi connectivity index (χ0) is 20.4. The van der Waals surface area contributed by atoms with Crippen molar-refractivity contribution < 1.29 is 17.9 Å². The predicted molar refractivity (Wildman–Crippen MR) is 108 cm³/mol. The van der Waals surface area contributed by atoms with Crippen molar-refractivity contribution in [3.8, 4) is 5.75 Å². The fourth-order valence-electron chi connectivity index (χ4n) is 4.18. The average molecular weight is 416 g/mol. The number of likely N-dealkylation sites (N-methyl/N-ethyl adjacent to an activating group) is 1. The van der Waals surface area contributed by atoms with E-state index in [0.29, 0.717) is 38.2 Å². The van der Waals surface area contributed by atoms with Gasteiger partial charge in [0.2, 0.25) is 15.9 Å². The maximum Gasteiger partial charge on any atom is 0.247 e. The number of hydrogen-bond acceptors (Lipinski definition) is 5. The van der Waals surface area contributed by atoms with E-state index in [4.69, 9.17) is 4.74 Å². The van der Waals surface area contributed by atoms with Crippen molar-refractivity contribution >= 4 is 15.9 Å². The van der Waals surface area contributed by atoms with Crippen LogP contribution in [0.1, 0.15) is 25.5 Å². The topological polar surface area (TPSA) is 79.8 Å². The highest BCUT2D eigenvalue weighted by Crippen LogP contribution is 2.36. The van der Waals surface area contributed by atoms with Crippen molar-refractivity contribution in [1.29, 1.82) is 0 Å². The van der Waals surface area contributed by atoms with Crippen LogP contribution in [0.5, 0.6) is 5.75 Å². The molecule has 1 aromatic heterocycles. The molecule has 3 heterocycles. The average Bonchev–Trinajstić information content (AvgIpc) is 2.96. The highest BCUT2D eigenvalue weighted by Gasteiger charge is 2.42. The quantitative estimate of drug-likeness (QED) is 0.767. The number of ether oxygens (including phenoxy) is 1. The molecule has 7 nitrogen and oxygen atoms in total. The third kappa shape index (κ3) is 3.86. The van der Waals surface area contributed by atoms with E-state index in [9.17, 15) is 13.2 Å². The largest absolute Gasteiger partial charge is 0.487 e. The lowest BCUT2D eigenvalue weighted by Gasteiger charge is -2.30. The normalized spacial score (nSPS) is 23.8. The van der Waals surface area contributed by atoms with Gasteiger partial charge in [-0.1, -0.05) is 25.1 Å². The number of likely N-dealkylation sites (tertiary alicyclic amines) is 1. The summed E-state index contributed by atoms with van der Waals surface area (Å²) < 4.78 is 34.2. The van der Waals surface area contributed by atoms with Gasteiger partial charge in [0.25, 0.3) is 0 Å². The van der Waals surface area contributed by atoms with E-state index >= 15 is 0 Å². The van der Waals surface area contributed by atoms with Gasteiger partial charge in [0.1, 0.15) is 16.7 Å². The number of carbonyl (C=O) groups is 1. The summed E-state index contributed by atoms with van der Waals surface area (Å²) in [5, 5.41) is 0. The van der Waals surface area contributed by atoms with Crippen molar-refractivity contribution in [2.24, 2.45) is 0 Å². The SMILES string of the molecule is CCN1[C@@H]2CCN(C(=O)Cc3ccccn3)CC[C@H]2Oc2ccccc2S1(=O)=O. The van der Waals surface area contributed by atoms with E-state index in [0.717, 1.165) is 5.69 Å². The smallest absolute Gasteiger partial charge is 0.247 e. The van der Waals surface area contributed by atoms with E-state index in [-0.39, 0.29) is 29.4 Å². The number of para-hydroxylation sites is 1. The number of nitrogens with zero attached hydrogens (tertiary/aromatic N) is 3. The fraction of sp³-hybridized carbons (Fsp3) is 0.429. The second-order valence-corrected chi connectivity index (χ2v) is 9.19. The van der Waals surface area contributed by atoms with Crippen molar-refractivity contribution in [2.45, 2.75) is 43.2 Å². The lowest BCUT2D eigenvalue weighted by molar-refractivity contribution is -0.130. The van der Waals surface area contributed by atoms with Gasteiger partial charge in [-0.2, -0.15) is 4.31 Å². The molecule has 0 radical (unpaired) electrons. The molecule has 0 bridgehead atoms. The Morgan fingerprint density at radius 1 is 1.14 bits per heavy atom. The number of benzene rings is 1. The maximum atomic E-state index is 13.2. The molecule has 2 atom stereocenters. The van der Waals surface area contributed by atoms with Crippen molar-refractivity contribution in [3.05, 3.63) is 54.4 Å². The van der Waals surface area contributed by atoms with E-state index in [1.54, 1.807) is 35.4 Å². The maximum absolute atomic E-state index is 13.2. The first-order valence-corrected chi connectivity index (χ1v) is 11.4. The summed E-state index contributed by atoms with van der Waals surface area (Å²) in [6.45, 7) is 3.24. The molecule has 2 aromatic rings. The van der Waals surface area contributed by atoms with Crippen LogP contribution in [0.4, 0.5) is 0 Å². The molecular formula is C21H25N3O4S. The molecule has 0 aliphatic carbocycles. The Balaban J connectivity index is 1.57. The van der Waals surface area contributed by atoms with E-state index in [1.165, 1.54) is 4.31 Å².